The number of hydrogen-bond donors (Lipinski definition) is 1. The second-order valence-corrected chi connectivity index (χ2v) is 3.83. The first kappa shape index (κ1) is 12.2. The van der Waals surface area contributed by atoms with Crippen molar-refractivity contribution in [1.29, 1.82) is 0 Å². The number of nitrogens with one attached hydrogen (secondary N) is 1. The van der Waals surface area contributed by atoms with Gasteiger partial charge in [0, 0.05) is 12.6 Å². The Bertz CT molecular complexity index is 268. The van der Waals surface area contributed by atoms with Crippen LogP contribution in [0.2, 0.25) is 0 Å². The van der Waals surface area contributed by atoms with Gasteiger partial charge in [0.1, 0.15) is 0 Å². The minimum Gasteiger partial charge on any atom is -0.380 e. The van der Waals surface area contributed by atoms with E-state index in [2.05, 4.69) is 36.5 Å². The molecule has 0 bridgehead atoms. The molecule has 0 heterocycles. The molecule has 1 aromatic rings. The molecular weight excluding hydrogens is 186 g/mol. The summed E-state index contributed by atoms with van der Waals surface area (Å²) >= 11 is 0. The molecule has 0 aromatic heterocycles. The zero-order valence-electron chi connectivity index (χ0n) is 9.92. The Morgan fingerprint density at radius 2 is 1.93 bits per heavy atom. The van der Waals surface area contributed by atoms with Gasteiger partial charge in [-0.15, -0.1) is 0 Å². The molecule has 1 unspecified atom stereocenters. The van der Waals surface area contributed by atoms with Crippen LogP contribution in [0.3, 0.4) is 0 Å². The molecule has 0 amide bonds. The van der Waals surface area contributed by atoms with Crippen molar-refractivity contribution in [2.24, 2.45) is 0 Å². The molecule has 0 saturated carbocycles. The third-order valence-corrected chi connectivity index (χ3v) is 2.53. The van der Waals surface area contributed by atoms with Crippen LogP contribution in [0, 0.1) is 6.92 Å². The predicted molar refractivity (Wildman–Crippen MR) is 64.2 cm³/mol. The Kier molecular flexibility index (Phi) is 5.37. The molecule has 1 aromatic carbocycles. The summed E-state index contributed by atoms with van der Waals surface area (Å²) < 4.78 is 5.42. The topological polar surface area (TPSA) is 21.3 Å². The predicted octanol–water partition coefficient (Wildman–Crippen LogP) is 2.16. The van der Waals surface area contributed by atoms with Crippen molar-refractivity contribution in [3.05, 3.63) is 35.4 Å². The maximum absolute atomic E-state index is 5.42. The van der Waals surface area contributed by atoms with Crippen LogP contribution in [-0.4, -0.2) is 26.3 Å². The van der Waals surface area contributed by atoms with Gasteiger partial charge in [-0.3, -0.25) is 0 Å². The Labute approximate surface area is 92.6 Å². The first-order valence-electron chi connectivity index (χ1n) is 5.56. The molecule has 0 fully saturated rings. The first-order chi connectivity index (χ1) is 7.26. The fourth-order valence-electron chi connectivity index (χ4n) is 1.51. The van der Waals surface area contributed by atoms with Crippen molar-refractivity contribution in [2.45, 2.75) is 26.3 Å². The van der Waals surface area contributed by atoms with E-state index in [0.29, 0.717) is 6.04 Å². The van der Waals surface area contributed by atoms with Crippen LogP contribution in [0.15, 0.2) is 24.3 Å². The minimum absolute atomic E-state index is 0.410. The lowest BCUT2D eigenvalue weighted by atomic mass is 10.1. The maximum atomic E-state index is 5.42. The number of aryl methyl sites for hydroxylation is 1. The van der Waals surface area contributed by atoms with Crippen LogP contribution >= 0.6 is 0 Å². The Hall–Kier alpha value is -0.860. The minimum atomic E-state index is 0.410. The second-order valence-electron chi connectivity index (χ2n) is 3.83. The molecule has 1 atom stereocenters. The molecule has 2 nitrogen and oxygen atoms in total. The average molecular weight is 207 g/mol. The van der Waals surface area contributed by atoms with Crippen LogP contribution in [0.5, 0.6) is 0 Å². The zero-order chi connectivity index (χ0) is 11.1. The van der Waals surface area contributed by atoms with Gasteiger partial charge in [-0.1, -0.05) is 29.8 Å². The van der Waals surface area contributed by atoms with Crippen molar-refractivity contribution in [3.8, 4) is 0 Å². The van der Waals surface area contributed by atoms with E-state index < -0.39 is 0 Å². The quantitative estimate of drug-likeness (QED) is 0.772. The van der Waals surface area contributed by atoms with Crippen LogP contribution in [-0.2, 0) is 11.2 Å². The van der Waals surface area contributed by atoms with Gasteiger partial charge >= 0.3 is 0 Å². The van der Waals surface area contributed by atoms with Crippen LogP contribution in [0.1, 0.15) is 18.1 Å². The van der Waals surface area contributed by atoms with E-state index in [1.807, 2.05) is 14.0 Å². The molecule has 1 rings (SSSR count). The van der Waals surface area contributed by atoms with E-state index >= 15 is 0 Å². The van der Waals surface area contributed by atoms with Gasteiger partial charge in [-0.05, 0) is 32.9 Å². The molecule has 1 N–H and O–H groups in total. The first-order valence-corrected chi connectivity index (χ1v) is 5.56. The molecule has 0 aliphatic carbocycles. The van der Waals surface area contributed by atoms with E-state index in [-0.39, 0.29) is 0 Å². The molecule has 0 aliphatic heterocycles. The molecule has 84 valence electrons. The summed E-state index contributed by atoms with van der Waals surface area (Å²) in [6, 6.07) is 9.09. The normalized spacial score (nSPS) is 12.7. The molecule has 0 spiro atoms. The summed E-state index contributed by atoms with van der Waals surface area (Å²) in [7, 11) is 1.98. The highest BCUT2D eigenvalue weighted by atomic mass is 16.5. The van der Waals surface area contributed by atoms with Gasteiger partial charge < -0.3 is 10.1 Å². The van der Waals surface area contributed by atoms with E-state index in [1.54, 1.807) is 0 Å². The highest BCUT2D eigenvalue weighted by Gasteiger charge is 2.06. The molecule has 0 aliphatic rings. The van der Waals surface area contributed by atoms with Gasteiger partial charge in [0.2, 0.25) is 0 Å². The third kappa shape index (κ3) is 4.45. The standard InChI is InChI=1S/C13H21NO/c1-4-15-10-13(14-3)9-12-7-5-11(2)6-8-12/h5-8,13-14H,4,9-10H2,1-3H3. The Morgan fingerprint density at radius 1 is 1.27 bits per heavy atom. The fourth-order valence-corrected chi connectivity index (χ4v) is 1.51. The maximum Gasteiger partial charge on any atom is 0.0622 e. The largest absolute Gasteiger partial charge is 0.380 e. The van der Waals surface area contributed by atoms with Crippen LogP contribution < -0.4 is 5.32 Å². The van der Waals surface area contributed by atoms with E-state index in [4.69, 9.17) is 4.74 Å². The summed E-state index contributed by atoms with van der Waals surface area (Å²) in [4.78, 5) is 0. The van der Waals surface area contributed by atoms with Crippen molar-refractivity contribution >= 4 is 0 Å². The van der Waals surface area contributed by atoms with Gasteiger partial charge in [0.05, 0.1) is 6.61 Å². The van der Waals surface area contributed by atoms with Crippen molar-refractivity contribution in [1.82, 2.24) is 5.32 Å². The Morgan fingerprint density at radius 3 is 2.47 bits per heavy atom. The molecular formula is C13H21NO. The van der Waals surface area contributed by atoms with Gasteiger partial charge in [-0.2, -0.15) is 0 Å². The fraction of sp³-hybridized carbons (Fsp3) is 0.538. The number of likely N-dealkylation sites (N-methyl/N-ethyl adjacent to an activating group) is 1. The number of ether oxygens (including phenoxy) is 1. The lowest BCUT2D eigenvalue weighted by Crippen LogP contribution is -2.32. The second kappa shape index (κ2) is 6.59. The summed E-state index contributed by atoms with van der Waals surface area (Å²) in [5.41, 5.74) is 2.67. The zero-order valence-corrected chi connectivity index (χ0v) is 9.92. The summed E-state index contributed by atoms with van der Waals surface area (Å²) in [6.07, 6.45) is 1.02. The van der Waals surface area contributed by atoms with Gasteiger partial charge in [0.15, 0.2) is 0 Å². The van der Waals surface area contributed by atoms with E-state index in [0.717, 1.165) is 19.6 Å². The molecule has 2 heteroatoms. The average Bonchev–Trinajstić information content (AvgIpc) is 2.27. The van der Waals surface area contributed by atoms with Gasteiger partial charge in [0.25, 0.3) is 0 Å². The van der Waals surface area contributed by atoms with E-state index in [9.17, 15) is 0 Å². The lowest BCUT2D eigenvalue weighted by molar-refractivity contribution is 0.125. The highest BCUT2D eigenvalue weighted by Crippen LogP contribution is 2.06. The summed E-state index contributed by atoms with van der Waals surface area (Å²) in [5, 5.41) is 3.27. The van der Waals surface area contributed by atoms with Gasteiger partial charge in [-0.25, -0.2) is 0 Å². The monoisotopic (exact) mass is 207 g/mol. The van der Waals surface area contributed by atoms with Crippen molar-refractivity contribution in [2.75, 3.05) is 20.3 Å². The van der Waals surface area contributed by atoms with Crippen molar-refractivity contribution < 1.29 is 4.74 Å². The van der Waals surface area contributed by atoms with Crippen molar-refractivity contribution in [3.63, 3.8) is 0 Å². The van der Waals surface area contributed by atoms with Crippen LogP contribution in [0.25, 0.3) is 0 Å². The number of hydrogen-bond acceptors (Lipinski definition) is 2. The number of rotatable bonds is 6. The number of benzene rings is 1. The molecule has 0 saturated heterocycles. The third-order valence-electron chi connectivity index (χ3n) is 2.53. The molecule has 15 heavy (non-hydrogen) atoms. The Balaban J connectivity index is 2.47. The lowest BCUT2D eigenvalue weighted by Gasteiger charge is -2.15. The van der Waals surface area contributed by atoms with Crippen LogP contribution in [0.4, 0.5) is 0 Å². The summed E-state index contributed by atoms with van der Waals surface area (Å²) in [5.74, 6) is 0. The molecule has 0 radical (unpaired) electrons. The van der Waals surface area contributed by atoms with E-state index in [1.165, 1.54) is 11.1 Å². The summed E-state index contributed by atoms with van der Waals surface area (Å²) in [6.45, 7) is 5.70. The highest BCUT2D eigenvalue weighted by molar-refractivity contribution is 5.22. The SMILES string of the molecule is CCOCC(Cc1ccc(C)cc1)NC. The smallest absolute Gasteiger partial charge is 0.0622 e.